The van der Waals surface area contributed by atoms with Gasteiger partial charge in [0.25, 0.3) is 0 Å². The van der Waals surface area contributed by atoms with Crippen LogP contribution in [0.3, 0.4) is 0 Å². The maximum Gasteiger partial charge on any atom is 0.196 e. The van der Waals surface area contributed by atoms with Crippen molar-refractivity contribution in [3.8, 4) is 11.5 Å². The van der Waals surface area contributed by atoms with E-state index < -0.39 is 0 Å². The zero-order valence-electron chi connectivity index (χ0n) is 10.1. The molecule has 1 atom stereocenters. The molecule has 0 amide bonds. The van der Waals surface area contributed by atoms with E-state index in [0.717, 1.165) is 16.5 Å². The molecule has 0 saturated carbocycles. The smallest absolute Gasteiger partial charge is 0.196 e. The largest absolute Gasteiger partial charge is 0.289 e. The second-order valence-corrected chi connectivity index (χ2v) is 5.30. The lowest BCUT2D eigenvalue weighted by atomic mass is 10.3. The lowest BCUT2D eigenvalue weighted by molar-refractivity contribution is 0.630. The summed E-state index contributed by atoms with van der Waals surface area (Å²) in [7, 11) is 0. The van der Waals surface area contributed by atoms with E-state index in [1.165, 1.54) is 0 Å². The number of H-pyrrole nitrogens is 1. The number of hydrogen-bond donors (Lipinski definition) is 1. The van der Waals surface area contributed by atoms with E-state index in [1.54, 1.807) is 23.7 Å². The van der Waals surface area contributed by atoms with Crippen molar-refractivity contribution in [2.45, 2.75) is 13.0 Å². The van der Waals surface area contributed by atoms with Crippen molar-refractivity contribution in [3.63, 3.8) is 0 Å². The maximum absolute atomic E-state index is 5.32. The lowest BCUT2D eigenvalue weighted by Gasteiger charge is -2.12. The van der Waals surface area contributed by atoms with Crippen molar-refractivity contribution >= 4 is 23.6 Å². The Hall–Kier alpha value is -1.86. The molecule has 0 aliphatic heterocycles. The molecule has 0 spiro atoms. The van der Waals surface area contributed by atoms with Crippen molar-refractivity contribution in [2.24, 2.45) is 0 Å². The van der Waals surface area contributed by atoms with Gasteiger partial charge in [-0.05, 0) is 31.3 Å². The molecule has 3 aromatic heterocycles. The van der Waals surface area contributed by atoms with Crippen LogP contribution in [-0.4, -0.2) is 24.7 Å². The summed E-state index contributed by atoms with van der Waals surface area (Å²) in [6.45, 7) is 2.05. The Balaban J connectivity index is 2.12. The predicted molar refractivity (Wildman–Crippen MR) is 76.6 cm³/mol. The Labute approximate surface area is 119 Å². The van der Waals surface area contributed by atoms with Gasteiger partial charge in [0.05, 0.1) is 6.04 Å². The Morgan fingerprint density at radius 1 is 1.32 bits per heavy atom. The lowest BCUT2D eigenvalue weighted by Crippen LogP contribution is -2.09. The van der Waals surface area contributed by atoms with Crippen LogP contribution in [-0.2, 0) is 0 Å². The number of hydrogen-bond acceptors (Lipinski definition) is 5. The molecular weight excluding hydrogens is 278 g/mol. The molecule has 96 valence electrons. The second-order valence-electron chi connectivity index (χ2n) is 3.98. The third-order valence-electron chi connectivity index (χ3n) is 2.79. The van der Waals surface area contributed by atoms with Crippen LogP contribution in [0.25, 0.3) is 11.5 Å². The average molecular weight is 289 g/mol. The van der Waals surface area contributed by atoms with Crippen LogP contribution in [0.5, 0.6) is 0 Å². The highest BCUT2D eigenvalue weighted by Gasteiger charge is 2.18. The van der Waals surface area contributed by atoms with Crippen LogP contribution in [0.15, 0.2) is 36.0 Å². The Morgan fingerprint density at radius 2 is 2.21 bits per heavy atom. The fraction of sp³-hybridized carbons (Fsp3) is 0.167. The van der Waals surface area contributed by atoms with Gasteiger partial charge in [-0.25, -0.2) is 4.98 Å². The highest BCUT2D eigenvalue weighted by molar-refractivity contribution is 7.71. The van der Waals surface area contributed by atoms with E-state index in [-0.39, 0.29) is 6.04 Å². The molecule has 3 aromatic rings. The fourth-order valence-electron chi connectivity index (χ4n) is 1.89. The third-order valence-corrected chi connectivity index (χ3v) is 4.03. The van der Waals surface area contributed by atoms with Crippen molar-refractivity contribution < 1.29 is 0 Å². The second kappa shape index (κ2) is 5.02. The molecule has 5 nitrogen and oxygen atoms in total. The highest BCUT2D eigenvalue weighted by Crippen LogP contribution is 2.25. The van der Waals surface area contributed by atoms with E-state index in [9.17, 15) is 0 Å². The summed E-state index contributed by atoms with van der Waals surface area (Å²) in [5.41, 5.74) is 0.790. The molecule has 0 aliphatic carbocycles. The molecule has 0 fully saturated rings. The molecule has 19 heavy (non-hydrogen) atoms. The molecule has 7 heteroatoms. The van der Waals surface area contributed by atoms with Gasteiger partial charge in [-0.15, -0.1) is 11.3 Å². The maximum atomic E-state index is 5.32. The number of pyridine rings is 1. The molecule has 0 saturated heterocycles. The number of aromatic amines is 1. The highest BCUT2D eigenvalue weighted by atomic mass is 32.1. The van der Waals surface area contributed by atoms with Crippen LogP contribution in [0.1, 0.15) is 18.0 Å². The van der Waals surface area contributed by atoms with Crippen LogP contribution >= 0.6 is 23.6 Å². The first-order valence-corrected chi connectivity index (χ1v) is 7.04. The number of thiazole rings is 1. The molecule has 0 bridgehead atoms. The summed E-state index contributed by atoms with van der Waals surface area (Å²) in [4.78, 5) is 8.66. The summed E-state index contributed by atoms with van der Waals surface area (Å²) in [5, 5.41) is 10.1. The molecule has 0 aliphatic rings. The predicted octanol–water partition coefficient (Wildman–Crippen LogP) is 3.07. The molecular formula is C12H11N5S2. The number of nitrogens with one attached hydrogen (secondary N) is 1. The molecule has 3 heterocycles. The molecule has 0 aromatic carbocycles. The third kappa shape index (κ3) is 2.22. The van der Waals surface area contributed by atoms with E-state index in [1.807, 2.05) is 28.1 Å². The van der Waals surface area contributed by atoms with Gasteiger partial charge in [-0.2, -0.15) is 5.10 Å². The first-order valence-electron chi connectivity index (χ1n) is 5.75. The summed E-state index contributed by atoms with van der Waals surface area (Å²) >= 11 is 6.92. The standard InChI is InChI=1S/C12H11N5S2/c1-8(11-14-6-7-19-11)17-10(15-16-12(17)18)9-4-2-3-5-13-9/h2-8H,1H3,(H,16,18). The minimum atomic E-state index is 0.0308. The van der Waals surface area contributed by atoms with E-state index in [4.69, 9.17) is 12.2 Å². The molecule has 1 N–H and O–H groups in total. The average Bonchev–Trinajstić information content (AvgIpc) is 3.08. The van der Waals surface area contributed by atoms with Crippen molar-refractivity contribution in [1.29, 1.82) is 0 Å². The first kappa shape index (κ1) is 12.2. The first-order chi connectivity index (χ1) is 9.27. The summed E-state index contributed by atoms with van der Waals surface area (Å²) in [5.74, 6) is 0.730. The van der Waals surface area contributed by atoms with Crippen LogP contribution in [0.4, 0.5) is 0 Å². The van der Waals surface area contributed by atoms with Gasteiger partial charge in [-0.1, -0.05) is 6.07 Å². The summed E-state index contributed by atoms with van der Waals surface area (Å²) < 4.78 is 2.51. The quantitative estimate of drug-likeness (QED) is 0.753. The molecule has 3 rings (SSSR count). The zero-order chi connectivity index (χ0) is 13.2. The monoisotopic (exact) mass is 289 g/mol. The van der Waals surface area contributed by atoms with Gasteiger partial charge in [0, 0.05) is 17.8 Å². The van der Waals surface area contributed by atoms with Gasteiger partial charge in [0.2, 0.25) is 0 Å². The zero-order valence-corrected chi connectivity index (χ0v) is 11.8. The minimum Gasteiger partial charge on any atom is -0.289 e. The van der Waals surface area contributed by atoms with Crippen molar-refractivity contribution in [1.82, 2.24) is 24.7 Å². The van der Waals surface area contributed by atoms with Crippen LogP contribution in [0.2, 0.25) is 0 Å². The van der Waals surface area contributed by atoms with Gasteiger partial charge in [0.1, 0.15) is 10.7 Å². The van der Waals surface area contributed by atoms with E-state index in [2.05, 4.69) is 27.1 Å². The minimum absolute atomic E-state index is 0.0308. The van der Waals surface area contributed by atoms with E-state index >= 15 is 0 Å². The van der Waals surface area contributed by atoms with Gasteiger partial charge in [0.15, 0.2) is 10.6 Å². The van der Waals surface area contributed by atoms with Gasteiger partial charge in [-0.3, -0.25) is 14.6 Å². The normalized spacial score (nSPS) is 12.5. The van der Waals surface area contributed by atoms with Gasteiger partial charge < -0.3 is 0 Å². The summed E-state index contributed by atoms with van der Waals surface area (Å²) in [6.07, 6.45) is 3.53. The Kier molecular flexibility index (Phi) is 3.22. The fourth-order valence-corrected chi connectivity index (χ4v) is 2.87. The molecule has 1 unspecified atom stereocenters. The van der Waals surface area contributed by atoms with Crippen molar-refractivity contribution in [2.75, 3.05) is 0 Å². The number of rotatable bonds is 3. The Morgan fingerprint density at radius 3 is 2.89 bits per heavy atom. The topological polar surface area (TPSA) is 59.4 Å². The molecule has 0 radical (unpaired) electrons. The number of aromatic nitrogens is 5. The number of nitrogens with zero attached hydrogens (tertiary/aromatic N) is 4. The SMILES string of the molecule is CC(c1nccs1)n1c(-c2ccccn2)n[nH]c1=S. The summed E-state index contributed by atoms with van der Waals surface area (Å²) in [6, 6.07) is 5.75. The van der Waals surface area contributed by atoms with Crippen LogP contribution < -0.4 is 0 Å². The van der Waals surface area contributed by atoms with E-state index in [0.29, 0.717) is 4.77 Å². The van der Waals surface area contributed by atoms with Crippen LogP contribution in [0, 0.1) is 4.77 Å². The Bertz CT molecular complexity index is 714. The van der Waals surface area contributed by atoms with Crippen molar-refractivity contribution in [3.05, 3.63) is 45.8 Å². The van der Waals surface area contributed by atoms with Gasteiger partial charge >= 0.3 is 0 Å².